The number of rotatable bonds is 5. The minimum Gasteiger partial charge on any atom is -0.415 e. The van der Waals surface area contributed by atoms with Crippen molar-refractivity contribution in [3.63, 3.8) is 0 Å². The molecule has 4 aromatic rings. The van der Waals surface area contributed by atoms with Crippen LogP contribution in [0, 0.1) is 5.82 Å². The van der Waals surface area contributed by atoms with Gasteiger partial charge in [0.2, 0.25) is 5.89 Å². The molecule has 0 amide bonds. The number of hydrogen-bond donors (Lipinski definition) is 0. The monoisotopic (exact) mass is 440 g/mol. The summed E-state index contributed by atoms with van der Waals surface area (Å²) in [6, 6.07) is 10.5. The molecular formula is C22H19F3N6O. The third-order valence-corrected chi connectivity index (χ3v) is 5.50. The third kappa shape index (κ3) is 4.01. The Balaban J connectivity index is 1.33. The number of hydrogen-bond acceptors (Lipinski definition) is 6. The fraction of sp³-hybridized carbons (Fsp3) is 0.273. The van der Waals surface area contributed by atoms with E-state index in [0.717, 1.165) is 25.1 Å². The lowest BCUT2D eigenvalue weighted by atomic mass is 9.97. The van der Waals surface area contributed by atoms with E-state index in [2.05, 4.69) is 44.6 Å². The quantitative estimate of drug-likeness (QED) is 0.465. The third-order valence-electron chi connectivity index (χ3n) is 5.50. The summed E-state index contributed by atoms with van der Waals surface area (Å²) in [7, 11) is 2.11. The SMILES string of the molecule is CN1CCc2cc(-c3cn(Cc4ccc(-c5nnc(C(F)F)o5)cc4F)nn3)ccc2C1. The van der Waals surface area contributed by atoms with E-state index in [1.165, 1.54) is 23.3 Å². The van der Waals surface area contributed by atoms with Crippen LogP contribution >= 0.6 is 0 Å². The zero-order valence-electron chi connectivity index (χ0n) is 17.2. The minimum atomic E-state index is -2.88. The van der Waals surface area contributed by atoms with Gasteiger partial charge in [-0.1, -0.05) is 23.4 Å². The van der Waals surface area contributed by atoms with Crippen LogP contribution in [-0.4, -0.2) is 43.7 Å². The van der Waals surface area contributed by atoms with Gasteiger partial charge in [-0.3, -0.25) is 0 Å². The molecule has 164 valence electrons. The normalized spacial score (nSPS) is 14.2. The molecule has 0 aliphatic carbocycles. The Kier molecular flexibility index (Phi) is 5.22. The van der Waals surface area contributed by atoms with Crippen molar-refractivity contribution in [2.24, 2.45) is 0 Å². The first-order chi connectivity index (χ1) is 15.5. The van der Waals surface area contributed by atoms with Crippen LogP contribution in [0.15, 0.2) is 47.0 Å². The molecule has 0 N–H and O–H groups in total. The molecule has 2 aromatic carbocycles. The first-order valence-electron chi connectivity index (χ1n) is 10.1. The number of alkyl halides is 2. The van der Waals surface area contributed by atoms with Gasteiger partial charge in [-0.15, -0.1) is 15.3 Å². The second-order valence-electron chi connectivity index (χ2n) is 7.82. The first kappa shape index (κ1) is 20.4. The molecule has 7 nitrogen and oxygen atoms in total. The van der Waals surface area contributed by atoms with E-state index in [0.29, 0.717) is 11.3 Å². The Labute approximate surface area is 181 Å². The van der Waals surface area contributed by atoms with Gasteiger partial charge in [-0.2, -0.15) is 8.78 Å². The molecule has 5 rings (SSSR count). The highest BCUT2D eigenvalue weighted by molar-refractivity contribution is 5.60. The van der Waals surface area contributed by atoms with Crippen molar-refractivity contribution in [3.05, 3.63) is 71.0 Å². The van der Waals surface area contributed by atoms with Crippen LogP contribution in [0.25, 0.3) is 22.7 Å². The lowest BCUT2D eigenvalue weighted by Crippen LogP contribution is -2.26. The van der Waals surface area contributed by atoms with Crippen LogP contribution in [0.1, 0.15) is 29.0 Å². The summed E-state index contributed by atoms with van der Waals surface area (Å²) >= 11 is 0. The molecule has 0 spiro atoms. The van der Waals surface area contributed by atoms with E-state index in [9.17, 15) is 13.2 Å². The highest BCUT2D eigenvalue weighted by atomic mass is 19.3. The zero-order valence-corrected chi connectivity index (χ0v) is 17.2. The smallest absolute Gasteiger partial charge is 0.314 e. The topological polar surface area (TPSA) is 72.9 Å². The molecule has 0 saturated heterocycles. The molecule has 32 heavy (non-hydrogen) atoms. The Morgan fingerprint density at radius 2 is 1.88 bits per heavy atom. The molecule has 0 atom stereocenters. The summed E-state index contributed by atoms with van der Waals surface area (Å²) < 4.78 is 46.3. The molecule has 1 aliphatic heterocycles. The van der Waals surface area contributed by atoms with E-state index >= 15 is 0 Å². The number of nitrogens with zero attached hydrogens (tertiary/aromatic N) is 6. The van der Waals surface area contributed by atoms with E-state index in [4.69, 9.17) is 4.42 Å². The predicted molar refractivity (Wildman–Crippen MR) is 109 cm³/mol. The van der Waals surface area contributed by atoms with Crippen LogP contribution in [-0.2, 0) is 19.5 Å². The zero-order chi connectivity index (χ0) is 22.2. The molecule has 0 unspecified atom stereocenters. The molecule has 0 bridgehead atoms. The highest BCUT2D eigenvalue weighted by Gasteiger charge is 2.18. The van der Waals surface area contributed by atoms with Gasteiger partial charge in [-0.25, -0.2) is 9.07 Å². The van der Waals surface area contributed by atoms with Gasteiger partial charge in [0.25, 0.3) is 5.89 Å². The number of halogens is 3. The summed E-state index contributed by atoms with van der Waals surface area (Å²) in [5.74, 6) is -1.49. The number of likely N-dealkylation sites (N-methyl/N-ethyl adjacent to an activating group) is 1. The Morgan fingerprint density at radius 1 is 1.03 bits per heavy atom. The van der Waals surface area contributed by atoms with Crippen molar-refractivity contribution in [2.75, 3.05) is 13.6 Å². The molecule has 2 aromatic heterocycles. The fourth-order valence-electron chi connectivity index (χ4n) is 3.78. The molecule has 1 aliphatic rings. The van der Waals surface area contributed by atoms with Gasteiger partial charge in [-0.05, 0) is 42.8 Å². The minimum absolute atomic E-state index is 0.160. The Hall–Kier alpha value is -3.53. The van der Waals surface area contributed by atoms with E-state index in [-0.39, 0.29) is 18.0 Å². The molecule has 3 heterocycles. The van der Waals surface area contributed by atoms with Crippen LogP contribution in [0.2, 0.25) is 0 Å². The number of aromatic nitrogens is 5. The largest absolute Gasteiger partial charge is 0.415 e. The van der Waals surface area contributed by atoms with Crippen LogP contribution in [0.3, 0.4) is 0 Å². The molecule has 0 saturated carbocycles. The Bertz CT molecular complexity index is 1270. The maximum absolute atomic E-state index is 14.6. The average molecular weight is 440 g/mol. The lowest BCUT2D eigenvalue weighted by Gasteiger charge is -2.25. The van der Waals surface area contributed by atoms with Crippen molar-refractivity contribution in [3.8, 4) is 22.7 Å². The van der Waals surface area contributed by atoms with E-state index < -0.39 is 18.1 Å². The van der Waals surface area contributed by atoms with E-state index in [1.807, 2.05) is 6.07 Å². The van der Waals surface area contributed by atoms with Gasteiger partial charge in [0.1, 0.15) is 11.5 Å². The van der Waals surface area contributed by atoms with Gasteiger partial charge in [0.15, 0.2) is 0 Å². The molecule has 0 radical (unpaired) electrons. The molecule has 10 heteroatoms. The van der Waals surface area contributed by atoms with Gasteiger partial charge < -0.3 is 9.32 Å². The van der Waals surface area contributed by atoms with Crippen LogP contribution < -0.4 is 0 Å². The number of benzene rings is 2. The summed E-state index contributed by atoms with van der Waals surface area (Å²) in [6.07, 6.45) is -0.111. The summed E-state index contributed by atoms with van der Waals surface area (Å²) in [6.45, 7) is 2.12. The second kappa shape index (κ2) is 8.19. The van der Waals surface area contributed by atoms with Crippen molar-refractivity contribution in [1.82, 2.24) is 30.1 Å². The second-order valence-corrected chi connectivity index (χ2v) is 7.82. The molecule has 0 fully saturated rings. The summed E-state index contributed by atoms with van der Waals surface area (Å²) in [4.78, 5) is 2.29. The van der Waals surface area contributed by atoms with Crippen molar-refractivity contribution in [2.45, 2.75) is 25.9 Å². The van der Waals surface area contributed by atoms with Crippen molar-refractivity contribution >= 4 is 0 Å². The number of fused-ring (bicyclic) bond motifs is 1. The standard InChI is InChI=1S/C22H19F3N6O/c1-30-7-6-13-8-14(2-4-16(13)10-30)19-12-31(29-26-19)11-17-5-3-15(9-18(17)23)21-27-28-22(32-21)20(24)25/h2-5,8-9,12,20H,6-7,10-11H2,1H3. The van der Waals surface area contributed by atoms with Gasteiger partial charge in [0, 0.05) is 29.8 Å². The maximum atomic E-state index is 14.6. The van der Waals surface area contributed by atoms with Gasteiger partial charge >= 0.3 is 6.43 Å². The highest BCUT2D eigenvalue weighted by Crippen LogP contribution is 2.26. The van der Waals surface area contributed by atoms with E-state index in [1.54, 1.807) is 16.9 Å². The maximum Gasteiger partial charge on any atom is 0.314 e. The summed E-state index contributed by atoms with van der Waals surface area (Å²) in [5, 5.41) is 15.2. The molecular weight excluding hydrogens is 421 g/mol. The Morgan fingerprint density at radius 3 is 2.66 bits per heavy atom. The van der Waals surface area contributed by atoms with Crippen LogP contribution in [0.5, 0.6) is 0 Å². The first-order valence-corrected chi connectivity index (χ1v) is 10.1. The fourth-order valence-corrected chi connectivity index (χ4v) is 3.78. The van der Waals surface area contributed by atoms with Crippen molar-refractivity contribution < 1.29 is 17.6 Å². The van der Waals surface area contributed by atoms with Crippen LogP contribution in [0.4, 0.5) is 13.2 Å². The lowest BCUT2D eigenvalue weighted by molar-refractivity contribution is 0.116. The summed E-state index contributed by atoms with van der Waals surface area (Å²) in [5.41, 5.74) is 4.92. The van der Waals surface area contributed by atoms with Gasteiger partial charge in [0.05, 0.1) is 12.7 Å². The average Bonchev–Trinajstić information content (AvgIpc) is 3.45. The predicted octanol–water partition coefficient (Wildman–Crippen LogP) is 4.11. The van der Waals surface area contributed by atoms with Crippen molar-refractivity contribution in [1.29, 1.82) is 0 Å².